The van der Waals surface area contributed by atoms with Gasteiger partial charge in [-0.05, 0) is 107 Å². The number of anilines is 2. The second-order valence-electron chi connectivity index (χ2n) is 16.9. The minimum Gasteiger partial charge on any atom is -0.444 e. The average molecular weight is 839 g/mol. The fourth-order valence-electron chi connectivity index (χ4n) is 7.91. The number of aryl methyl sites for hydroxylation is 2. The number of carbonyl (C=O) groups excluding carboxylic acids is 3. The SMILES string of the molecule is CC(C)(C)OC(=O)N[C@@H](Cc1cccc2ccccc12)C(=O)CCc1ccc2c(N)nccc2c1.Nc1nccc2cc(CCC(=O)[C@@H](N)Cc3cccc4ccccc34)ccc12. The van der Waals surface area contributed by atoms with E-state index in [2.05, 4.69) is 45.6 Å². The molecule has 0 aliphatic rings. The molecule has 2 heterocycles. The van der Waals surface area contributed by atoms with Gasteiger partial charge in [0.15, 0.2) is 5.78 Å². The number of ether oxygens (including phenoxy) is 1. The molecular formula is C53H54N6O4. The molecule has 7 N–H and O–H groups in total. The predicted octanol–water partition coefficient (Wildman–Crippen LogP) is 9.65. The summed E-state index contributed by atoms with van der Waals surface area (Å²) in [6.07, 6.45) is 5.67. The van der Waals surface area contributed by atoms with Gasteiger partial charge in [-0.25, -0.2) is 14.8 Å². The molecule has 8 rings (SSSR count). The van der Waals surface area contributed by atoms with E-state index in [1.54, 1.807) is 33.2 Å². The summed E-state index contributed by atoms with van der Waals surface area (Å²) >= 11 is 0. The Morgan fingerprint density at radius 1 is 0.571 bits per heavy atom. The number of Topliss-reactive ketones (excluding diaryl/α,β-unsaturated/α-hetero) is 2. The van der Waals surface area contributed by atoms with E-state index in [1.165, 1.54) is 5.39 Å². The van der Waals surface area contributed by atoms with Crippen LogP contribution in [0.25, 0.3) is 43.1 Å². The van der Waals surface area contributed by atoms with Crippen molar-refractivity contribution in [2.45, 2.75) is 77.0 Å². The van der Waals surface area contributed by atoms with E-state index in [0.717, 1.165) is 60.0 Å². The van der Waals surface area contributed by atoms with Crippen LogP contribution in [0.3, 0.4) is 0 Å². The molecule has 1 amide bonds. The van der Waals surface area contributed by atoms with E-state index in [-0.39, 0.29) is 18.0 Å². The monoisotopic (exact) mass is 838 g/mol. The van der Waals surface area contributed by atoms with Crippen LogP contribution in [-0.4, -0.2) is 45.3 Å². The van der Waals surface area contributed by atoms with Crippen molar-refractivity contribution in [1.29, 1.82) is 0 Å². The van der Waals surface area contributed by atoms with E-state index < -0.39 is 23.8 Å². The fourth-order valence-corrected chi connectivity index (χ4v) is 7.91. The molecule has 0 spiro atoms. The molecule has 320 valence electrons. The van der Waals surface area contributed by atoms with Crippen molar-refractivity contribution in [2.24, 2.45) is 5.73 Å². The lowest BCUT2D eigenvalue weighted by molar-refractivity contribution is -0.121. The molecule has 0 aliphatic heterocycles. The second kappa shape index (κ2) is 19.7. The number of rotatable bonds is 13. The molecule has 8 aromatic rings. The van der Waals surface area contributed by atoms with Crippen molar-refractivity contribution in [2.75, 3.05) is 11.5 Å². The Labute approximate surface area is 367 Å². The van der Waals surface area contributed by atoms with E-state index in [9.17, 15) is 14.4 Å². The minimum absolute atomic E-state index is 0.0434. The number of nitrogens with one attached hydrogen (secondary N) is 1. The van der Waals surface area contributed by atoms with E-state index >= 15 is 0 Å². The van der Waals surface area contributed by atoms with Crippen molar-refractivity contribution in [3.8, 4) is 0 Å². The first-order valence-corrected chi connectivity index (χ1v) is 21.3. The van der Waals surface area contributed by atoms with Gasteiger partial charge in [0.1, 0.15) is 23.0 Å². The van der Waals surface area contributed by atoms with Gasteiger partial charge in [-0.3, -0.25) is 9.59 Å². The zero-order valence-corrected chi connectivity index (χ0v) is 36.0. The lowest BCUT2D eigenvalue weighted by atomic mass is 9.94. The number of alkyl carbamates (subject to hydrolysis) is 1. The topological polar surface area (TPSA) is 176 Å². The molecule has 0 bridgehead atoms. The molecule has 0 unspecified atom stereocenters. The fraction of sp³-hybridized carbons (Fsp3) is 0.226. The van der Waals surface area contributed by atoms with Crippen LogP contribution in [0.5, 0.6) is 0 Å². The lowest BCUT2D eigenvalue weighted by Gasteiger charge is -2.23. The quantitative estimate of drug-likeness (QED) is 0.0881. The molecule has 2 aromatic heterocycles. The van der Waals surface area contributed by atoms with Gasteiger partial charge < -0.3 is 27.3 Å². The van der Waals surface area contributed by atoms with Crippen molar-refractivity contribution in [1.82, 2.24) is 15.3 Å². The highest BCUT2D eigenvalue weighted by Gasteiger charge is 2.25. The van der Waals surface area contributed by atoms with Crippen LogP contribution in [0.1, 0.15) is 55.9 Å². The van der Waals surface area contributed by atoms with Crippen molar-refractivity contribution < 1.29 is 19.1 Å². The number of nitrogens with zero attached hydrogens (tertiary/aromatic N) is 2. The van der Waals surface area contributed by atoms with Crippen molar-refractivity contribution in [3.63, 3.8) is 0 Å². The maximum atomic E-state index is 13.4. The summed E-state index contributed by atoms with van der Waals surface area (Å²) in [7, 11) is 0. The number of nitrogen functional groups attached to an aromatic ring is 2. The lowest BCUT2D eigenvalue weighted by Crippen LogP contribution is -2.44. The Hall–Kier alpha value is -7.17. The Bertz CT molecular complexity index is 2910. The van der Waals surface area contributed by atoms with Crippen LogP contribution >= 0.6 is 0 Å². The zero-order valence-electron chi connectivity index (χ0n) is 36.0. The number of ketones is 2. The molecule has 0 fully saturated rings. The van der Waals surface area contributed by atoms with Crippen LogP contribution in [0.2, 0.25) is 0 Å². The highest BCUT2D eigenvalue weighted by Crippen LogP contribution is 2.25. The highest BCUT2D eigenvalue weighted by atomic mass is 16.6. The molecule has 6 aromatic carbocycles. The van der Waals surface area contributed by atoms with Crippen LogP contribution < -0.4 is 22.5 Å². The highest BCUT2D eigenvalue weighted by molar-refractivity contribution is 5.94. The number of pyridine rings is 2. The first kappa shape index (κ1) is 43.9. The van der Waals surface area contributed by atoms with Gasteiger partial charge in [0.05, 0.1) is 12.1 Å². The molecular weight excluding hydrogens is 785 g/mol. The molecule has 0 saturated carbocycles. The second-order valence-corrected chi connectivity index (χ2v) is 16.9. The third-order valence-electron chi connectivity index (χ3n) is 11.2. The molecule has 10 heteroatoms. The van der Waals surface area contributed by atoms with E-state index in [4.69, 9.17) is 21.9 Å². The van der Waals surface area contributed by atoms with Gasteiger partial charge in [-0.2, -0.15) is 0 Å². The molecule has 2 atom stereocenters. The summed E-state index contributed by atoms with van der Waals surface area (Å²) in [5.74, 6) is 1.06. The van der Waals surface area contributed by atoms with Gasteiger partial charge in [0.2, 0.25) is 0 Å². The predicted molar refractivity (Wildman–Crippen MR) is 255 cm³/mol. The molecule has 0 saturated heterocycles. The summed E-state index contributed by atoms with van der Waals surface area (Å²) in [6, 6.07) is 43.0. The Kier molecular flexibility index (Phi) is 13.7. The number of amides is 1. The maximum Gasteiger partial charge on any atom is 0.408 e. The van der Waals surface area contributed by atoms with Crippen molar-refractivity contribution in [3.05, 3.63) is 168 Å². The first-order valence-electron chi connectivity index (χ1n) is 21.3. The summed E-state index contributed by atoms with van der Waals surface area (Å²) in [5.41, 5.74) is 21.7. The third kappa shape index (κ3) is 11.4. The number of benzene rings is 6. The van der Waals surface area contributed by atoms with Crippen molar-refractivity contribution >= 4 is 72.4 Å². The number of nitrogens with two attached hydrogens (primary N) is 3. The standard InChI is InChI=1S/C29H31N3O3.C24H23N3O/c1-29(2,3)35-28(34)32-25(18-21-9-6-8-20-7-4-5-10-23(20)21)26(33)14-12-19-11-13-24-22(17-19)15-16-31-27(24)30;25-22(15-18-6-3-5-17-4-1-2-7-20(17)18)23(28)11-9-16-8-10-21-19(14-16)12-13-27-24(21)26/h4-11,13,15-17,25H,12,14,18H2,1-3H3,(H2,30,31)(H,32,34);1-8,10,12-14,22H,9,11,15,25H2,(H2,26,27)/t25-;22-/m00/s1. The molecule has 0 radical (unpaired) electrons. The summed E-state index contributed by atoms with van der Waals surface area (Å²) < 4.78 is 5.45. The number of hydrogen-bond donors (Lipinski definition) is 4. The van der Waals surface area contributed by atoms with Crippen LogP contribution in [0.15, 0.2) is 146 Å². The normalized spacial score (nSPS) is 12.4. The molecule has 10 nitrogen and oxygen atoms in total. The Morgan fingerprint density at radius 2 is 1.05 bits per heavy atom. The smallest absolute Gasteiger partial charge is 0.408 e. The Morgan fingerprint density at radius 3 is 1.57 bits per heavy atom. The number of aromatic nitrogens is 2. The van der Waals surface area contributed by atoms with E-state index in [1.807, 2.05) is 103 Å². The zero-order chi connectivity index (χ0) is 44.5. The largest absolute Gasteiger partial charge is 0.444 e. The molecule has 0 aliphatic carbocycles. The van der Waals surface area contributed by atoms with Crippen LogP contribution in [0, 0.1) is 0 Å². The molecule has 63 heavy (non-hydrogen) atoms. The van der Waals surface area contributed by atoms with Crippen LogP contribution in [0.4, 0.5) is 16.4 Å². The minimum atomic E-state index is -0.698. The van der Waals surface area contributed by atoms with Gasteiger partial charge in [-0.1, -0.05) is 121 Å². The number of hydrogen-bond acceptors (Lipinski definition) is 9. The van der Waals surface area contributed by atoms with Gasteiger partial charge >= 0.3 is 6.09 Å². The number of fused-ring (bicyclic) bond motifs is 4. The third-order valence-corrected chi connectivity index (χ3v) is 11.2. The van der Waals surface area contributed by atoms with Crippen LogP contribution in [-0.2, 0) is 40.0 Å². The maximum absolute atomic E-state index is 13.4. The van der Waals surface area contributed by atoms with Gasteiger partial charge in [-0.15, -0.1) is 0 Å². The first-order chi connectivity index (χ1) is 30.3. The van der Waals surface area contributed by atoms with Gasteiger partial charge in [0.25, 0.3) is 0 Å². The average Bonchev–Trinajstić information content (AvgIpc) is 3.27. The van der Waals surface area contributed by atoms with Gasteiger partial charge in [0, 0.05) is 42.4 Å². The summed E-state index contributed by atoms with van der Waals surface area (Å²) in [4.78, 5) is 46.8. The Balaban J connectivity index is 0.000000193. The summed E-state index contributed by atoms with van der Waals surface area (Å²) in [5, 5.41) is 11.2. The van der Waals surface area contributed by atoms with E-state index in [0.29, 0.717) is 43.7 Å². The summed E-state index contributed by atoms with van der Waals surface area (Å²) in [6.45, 7) is 5.41. The number of carbonyl (C=O) groups is 3.